The molecule has 1 saturated heterocycles. The summed E-state index contributed by atoms with van der Waals surface area (Å²) < 4.78 is 4.74. The molecule has 3 aromatic rings. The summed E-state index contributed by atoms with van der Waals surface area (Å²) in [5.41, 5.74) is 3.00. The number of amides is 1. The van der Waals surface area contributed by atoms with E-state index in [1.807, 2.05) is 30.5 Å². The quantitative estimate of drug-likeness (QED) is 0.601. The predicted molar refractivity (Wildman–Crippen MR) is 116 cm³/mol. The van der Waals surface area contributed by atoms with E-state index in [2.05, 4.69) is 4.98 Å². The molecule has 2 atom stereocenters. The van der Waals surface area contributed by atoms with Crippen LogP contribution >= 0.6 is 0 Å². The second-order valence-corrected chi connectivity index (χ2v) is 7.67. The fourth-order valence-corrected chi connectivity index (χ4v) is 4.30. The summed E-state index contributed by atoms with van der Waals surface area (Å²) in [5.74, 6) is -1.95. The first-order valence-electron chi connectivity index (χ1n) is 10.1. The standard InChI is InChI=1S/C24H23N3O4/c1-14(28)20-21(25)23(29)27(12-11-17-13-26-19-6-4-3-5-18(17)19)22(20)15-7-9-16(10-8-15)24(30)31-2/h3-10,13,20,22,25-26H,11-12H2,1-2H3. The zero-order chi connectivity index (χ0) is 22.1. The summed E-state index contributed by atoms with van der Waals surface area (Å²) in [4.78, 5) is 41.9. The van der Waals surface area contributed by atoms with E-state index in [0.717, 1.165) is 16.5 Å². The van der Waals surface area contributed by atoms with Crippen LogP contribution in [0.1, 0.15) is 34.5 Å². The number of nitrogens with one attached hydrogen (secondary N) is 2. The van der Waals surface area contributed by atoms with Gasteiger partial charge in [0.05, 0.1) is 24.6 Å². The van der Waals surface area contributed by atoms with Gasteiger partial charge in [-0.3, -0.25) is 15.0 Å². The molecule has 7 heteroatoms. The zero-order valence-electron chi connectivity index (χ0n) is 17.3. The molecule has 2 unspecified atom stereocenters. The second-order valence-electron chi connectivity index (χ2n) is 7.67. The van der Waals surface area contributed by atoms with E-state index in [1.54, 1.807) is 29.2 Å². The maximum absolute atomic E-state index is 12.9. The predicted octanol–water partition coefficient (Wildman–Crippen LogP) is 3.31. The highest BCUT2D eigenvalue weighted by molar-refractivity contribution is 6.44. The Bertz CT molecular complexity index is 1180. The van der Waals surface area contributed by atoms with Crippen LogP contribution in [0.4, 0.5) is 0 Å². The molecule has 2 N–H and O–H groups in total. The number of aromatic amines is 1. The van der Waals surface area contributed by atoms with Crippen LogP contribution in [0.2, 0.25) is 0 Å². The third-order valence-corrected chi connectivity index (χ3v) is 5.86. The van der Waals surface area contributed by atoms with Gasteiger partial charge in [-0.05, 0) is 42.7 Å². The molecule has 0 spiro atoms. The van der Waals surface area contributed by atoms with Crippen LogP contribution in [0.25, 0.3) is 10.9 Å². The lowest BCUT2D eigenvalue weighted by molar-refractivity contribution is -0.124. The van der Waals surface area contributed by atoms with Crippen LogP contribution in [0, 0.1) is 11.3 Å². The normalized spacial score (nSPS) is 18.6. The molecule has 0 saturated carbocycles. The van der Waals surface area contributed by atoms with Gasteiger partial charge in [0.15, 0.2) is 0 Å². The first-order valence-corrected chi connectivity index (χ1v) is 10.1. The SMILES string of the molecule is COC(=O)c1ccc(C2C(C(C)=O)C(=N)C(=O)N2CCc2c[nH]c3ccccc23)cc1. The minimum absolute atomic E-state index is 0.187. The third kappa shape index (κ3) is 3.63. The van der Waals surface area contributed by atoms with Crippen LogP contribution < -0.4 is 0 Å². The Kier molecular flexibility index (Phi) is 5.42. The number of carbonyl (C=O) groups is 3. The lowest BCUT2D eigenvalue weighted by Crippen LogP contribution is -2.32. The Balaban J connectivity index is 1.65. The summed E-state index contributed by atoms with van der Waals surface area (Å²) >= 11 is 0. The molecule has 0 bridgehead atoms. The largest absolute Gasteiger partial charge is 0.465 e. The number of esters is 1. The third-order valence-electron chi connectivity index (χ3n) is 5.86. The first kappa shape index (κ1) is 20.5. The highest BCUT2D eigenvalue weighted by Gasteiger charge is 2.47. The molecular formula is C24H23N3O4. The monoisotopic (exact) mass is 417 g/mol. The minimum atomic E-state index is -0.834. The van der Waals surface area contributed by atoms with E-state index >= 15 is 0 Å². The Morgan fingerprint density at radius 2 is 1.84 bits per heavy atom. The van der Waals surface area contributed by atoms with Gasteiger partial charge in [0.2, 0.25) is 0 Å². The number of rotatable bonds is 6. The maximum Gasteiger partial charge on any atom is 0.337 e. The molecule has 2 heterocycles. The smallest absolute Gasteiger partial charge is 0.337 e. The van der Waals surface area contributed by atoms with E-state index in [4.69, 9.17) is 10.1 Å². The number of ether oxygens (including phenoxy) is 1. The number of methoxy groups -OCH3 is 1. The van der Waals surface area contributed by atoms with Gasteiger partial charge in [-0.1, -0.05) is 30.3 Å². The fraction of sp³-hybridized carbons (Fsp3) is 0.250. The Morgan fingerprint density at radius 1 is 1.13 bits per heavy atom. The van der Waals surface area contributed by atoms with Gasteiger partial charge in [-0.15, -0.1) is 0 Å². The van der Waals surface area contributed by atoms with Crippen LogP contribution in [-0.4, -0.2) is 46.9 Å². The topological polar surface area (TPSA) is 103 Å². The molecule has 1 aliphatic rings. The number of carbonyl (C=O) groups excluding carboxylic acids is 3. The van der Waals surface area contributed by atoms with Gasteiger partial charge >= 0.3 is 5.97 Å². The van der Waals surface area contributed by atoms with Crippen molar-refractivity contribution in [3.63, 3.8) is 0 Å². The molecule has 158 valence electrons. The molecule has 1 amide bonds. The van der Waals surface area contributed by atoms with Gasteiger partial charge in [0.1, 0.15) is 11.5 Å². The summed E-state index contributed by atoms with van der Waals surface area (Å²) in [6, 6.07) is 14.0. The lowest BCUT2D eigenvalue weighted by atomic mass is 9.89. The van der Waals surface area contributed by atoms with Crippen molar-refractivity contribution in [2.24, 2.45) is 5.92 Å². The summed E-state index contributed by atoms with van der Waals surface area (Å²) in [6.45, 7) is 1.78. The molecule has 1 aromatic heterocycles. The van der Waals surface area contributed by atoms with Crippen molar-refractivity contribution in [2.45, 2.75) is 19.4 Å². The van der Waals surface area contributed by atoms with Crippen LogP contribution in [0.3, 0.4) is 0 Å². The molecule has 7 nitrogen and oxygen atoms in total. The van der Waals surface area contributed by atoms with Crippen LogP contribution in [0.5, 0.6) is 0 Å². The van der Waals surface area contributed by atoms with Crippen molar-refractivity contribution in [1.82, 2.24) is 9.88 Å². The molecule has 0 aliphatic carbocycles. The minimum Gasteiger partial charge on any atom is -0.465 e. The number of benzene rings is 2. The number of aromatic nitrogens is 1. The highest BCUT2D eigenvalue weighted by Crippen LogP contribution is 2.37. The molecule has 1 aliphatic heterocycles. The number of likely N-dealkylation sites (tertiary alicyclic amines) is 1. The Hall–Kier alpha value is -3.74. The summed E-state index contributed by atoms with van der Waals surface area (Å²) in [6.07, 6.45) is 2.52. The van der Waals surface area contributed by atoms with E-state index in [-0.39, 0.29) is 11.5 Å². The number of ketones is 1. The number of fused-ring (bicyclic) bond motifs is 1. The number of nitrogens with zero attached hydrogens (tertiary/aromatic N) is 1. The highest BCUT2D eigenvalue weighted by atomic mass is 16.5. The van der Waals surface area contributed by atoms with Crippen molar-refractivity contribution in [2.75, 3.05) is 13.7 Å². The number of hydrogen-bond donors (Lipinski definition) is 2. The zero-order valence-corrected chi connectivity index (χ0v) is 17.3. The molecule has 0 radical (unpaired) electrons. The summed E-state index contributed by atoms with van der Waals surface area (Å²) in [7, 11) is 1.31. The number of Topliss-reactive ketones (excluding diaryl/α,β-unsaturated/α-hetero) is 1. The average Bonchev–Trinajstić information content (AvgIpc) is 3.30. The van der Waals surface area contributed by atoms with Crippen molar-refractivity contribution in [3.05, 3.63) is 71.4 Å². The fourth-order valence-electron chi connectivity index (χ4n) is 4.30. The van der Waals surface area contributed by atoms with Crippen molar-refractivity contribution >= 4 is 34.3 Å². The molecule has 31 heavy (non-hydrogen) atoms. The van der Waals surface area contributed by atoms with E-state index in [0.29, 0.717) is 24.1 Å². The number of hydrogen-bond acceptors (Lipinski definition) is 5. The first-order chi connectivity index (χ1) is 14.9. The van der Waals surface area contributed by atoms with E-state index < -0.39 is 23.8 Å². The van der Waals surface area contributed by atoms with Gasteiger partial charge in [0, 0.05) is 23.6 Å². The second kappa shape index (κ2) is 8.18. The summed E-state index contributed by atoms with van der Waals surface area (Å²) in [5, 5.41) is 9.37. The van der Waals surface area contributed by atoms with Gasteiger partial charge in [-0.25, -0.2) is 4.79 Å². The molecule has 4 rings (SSSR count). The number of para-hydroxylation sites is 1. The lowest BCUT2D eigenvalue weighted by Gasteiger charge is -2.27. The Labute approximate surface area is 179 Å². The van der Waals surface area contributed by atoms with E-state index in [1.165, 1.54) is 14.0 Å². The van der Waals surface area contributed by atoms with Gasteiger partial charge in [-0.2, -0.15) is 0 Å². The van der Waals surface area contributed by atoms with Gasteiger partial charge < -0.3 is 14.6 Å². The van der Waals surface area contributed by atoms with Crippen LogP contribution in [0.15, 0.2) is 54.7 Å². The molecular weight excluding hydrogens is 394 g/mol. The van der Waals surface area contributed by atoms with Gasteiger partial charge in [0.25, 0.3) is 5.91 Å². The van der Waals surface area contributed by atoms with Crippen molar-refractivity contribution in [1.29, 1.82) is 5.41 Å². The Morgan fingerprint density at radius 3 is 2.52 bits per heavy atom. The average molecular weight is 417 g/mol. The van der Waals surface area contributed by atoms with Crippen LogP contribution in [-0.2, 0) is 20.7 Å². The maximum atomic E-state index is 12.9. The molecule has 2 aromatic carbocycles. The van der Waals surface area contributed by atoms with Crippen molar-refractivity contribution in [3.8, 4) is 0 Å². The van der Waals surface area contributed by atoms with E-state index in [9.17, 15) is 14.4 Å². The molecule has 1 fully saturated rings. The van der Waals surface area contributed by atoms with Crippen molar-refractivity contribution < 1.29 is 19.1 Å². The number of H-pyrrole nitrogens is 1.